The molecule has 0 atom stereocenters. The van der Waals surface area contributed by atoms with Gasteiger partial charge >= 0.3 is 0 Å². The summed E-state index contributed by atoms with van der Waals surface area (Å²) in [6, 6.07) is 52.6. The van der Waals surface area contributed by atoms with Gasteiger partial charge in [-0.1, -0.05) is 132 Å². The van der Waals surface area contributed by atoms with Crippen LogP contribution in [0.25, 0.3) is 33.2 Å². The van der Waals surface area contributed by atoms with E-state index in [0.717, 1.165) is 45.0 Å². The Labute approximate surface area is 319 Å². The molecule has 0 radical (unpaired) electrons. The maximum Gasteiger partial charge on any atom is 0.156 e. The Hall–Kier alpha value is -6.32. The van der Waals surface area contributed by atoms with Gasteiger partial charge in [-0.05, 0) is 121 Å². The van der Waals surface area contributed by atoms with E-state index in [1.54, 1.807) is 0 Å². The smallest absolute Gasteiger partial charge is 0.156 e. The van der Waals surface area contributed by atoms with Gasteiger partial charge in [0, 0.05) is 22.7 Å². The average Bonchev–Trinajstić information content (AvgIpc) is 3.17. The molecule has 0 amide bonds. The molecule has 1 heterocycles. The van der Waals surface area contributed by atoms with Crippen molar-refractivity contribution in [1.82, 2.24) is 9.97 Å². The Bertz CT molecular complexity index is 2500. The van der Waals surface area contributed by atoms with Crippen LogP contribution in [0.1, 0.15) is 56.0 Å². The number of hydrogen-bond donors (Lipinski definition) is 0. The Balaban J connectivity index is 1.35. The van der Waals surface area contributed by atoms with Crippen LogP contribution in [0.2, 0.25) is 0 Å². The number of nitrogens with zero attached hydrogens (tertiary/aromatic N) is 3. The van der Waals surface area contributed by atoms with Crippen molar-refractivity contribution in [2.24, 2.45) is 0 Å². The standard InChI is InChI=1S/C51H45N3/c1-33-25-35(3)49(36(4)26-33)51(50-37(5)27-34(2)28-38(50)6)41-21-23-44(24-22-41)54(48-32-52-31-46(53-48)40-17-11-8-12-18-40)47-30-43-20-14-13-19-42(43)29-45(47)39-15-9-7-10-16-39/h7-32,51H,1-6H3. The van der Waals surface area contributed by atoms with Gasteiger partial charge in [0.15, 0.2) is 5.82 Å². The first-order valence-electron chi connectivity index (χ1n) is 18.8. The van der Waals surface area contributed by atoms with Gasteiger partial charge in [-0.25, -0.2) is 4.98 Å². The normalized spacial score (nSPS) is 11.3. The molecule has 7 aromatic carbocycles. The second-order valence-electron chi connectivity index (χ2n) is 14.7. The quantitative estimate of drug-likeness (QED) is 0.148. The number of hydrogen-bond acceptors (Lipinski definition) is 3. The summed E-state index contributed by atoms with van der Waals surface area (Å²) in [6.07, 6.45) is 3.73. The lowest BCUT2D eigenvalue weighted by Gasteiger charge is -2.29. The largest absolute Gasteiger partial charge is 0.293 e. The lowest BCUT2D eigenvalue weighted by atomic mass is 9.77. The van der Waals surface area contributed by atoms with E-state index >= 15 is 0 Å². The van der Waals surface area contributed by atoms with Crippen LogP contribution >= 0.6 is 0 Å². The topological polar surface area (TPSA) is 29.0 Å². The molecule has 8 rings (SSSR count). The van der Waals surface area contributed by atoms with Crippen molar-refractivity contribution in [2.75, 3.05) is 4.90 Å². The minimum Gasteiger partial charge on any atom is -0.293 e. The molecule has 0 saturated heterocycles. The van der Waals surface area contributed by atoms with Gasteiger partial charge in [-0.3, -0.25) is 9.88 Å². The molecule has 54 heavy (non-hydrogen) atoms. The van der Waals surface area contributed by atoms with Crippen molar-refractivity contribution in [1.29, 1.82) is 0 Å². The monoisotopic (exact) mass is 699 g/mol. The summed E-state index contributed by atoms with van der Waals surface area (Å²) in [7, 11) is 0. The number of aryl methyl sites for hydroxylation is 6. The first kappa shape index (κ1) is 34.7. The van der Waals surface area contributed by atoms with E-state index in [9.17, 15) is 0 Å². The zero-order valence-electron chi connectivity index (χ0n) is 31.9. The lowest BCUT2D eigenvalue weighted by Crippen LogP contribution is -2.15. The van der Waals surface area contributed by atoms with E-state index in [2.05, 4.69) is 174 Å². The highest BCUT2D eigenvalue weighted by Crippen LogP contribution is 2.45. The highest BCUT2D eigenvalue weighted by atomic mass is 15.2. The van der Waals surface area contributed by atoms with E-state index in [0.29, 0.717) is 0 Å². The van der Waals surface area contributed by atoms with Gasteiger partial charge in [0.25, 0.3) is 0 Å². The van der Waals surface area contributed by atoms with Crippen molar-refractivity contribution in [3.8, 4) is 22.4 Å². The second kappa shape index (κ2) is 14.6. The summed E-state index contributed by atoms with van der Waals surface area (Å²) in [5.74, 6) is 0.832. The summed E-state index contributed by atoms with van der Waals surface area (Å²) >= 11 is 0. The molecular formula is C51H45N3. The van der Waals surface area contributed by atoms with Gasteiger partial charge in [0.1, 0.15) is 0 Å². The summed E-state index contributed by atoms with van der Waals surface area (Å²) in [6.45, 7) is 13.4. The van der Waals surface area contributed by atoms with E-state index in [-0.39, 0.29) is 5.92 Å². The minimum atomic E-state index is 0.0791. The zero-order chi connectivity index (χ0) is 37.3. The summed E-state index contributed by atoms with van der Waals surface area (Å²) in [4.78, 5) is 12.3. The van der Waals surface area contributed by atoms with E-state index < -0.39 is 0 Å². The molecule has 1 aromatic heterocycles. The van der Waals surface area contributed by atoms with Gasteiger partial charge < -0.3 is 0 Å². The molecule has 0 aliphatic heterocycles. The fourth-order valence-corrected chi connectivity index (χ4v) is 8.45. The van der Waals surface area contributed by atoms with Crippen LogP contribution in [-0.4, -0.2) is 9.97 Å². The van der Waals surface area contributed by atoms with Crippen molar-refractivity contribution in [2.45, 2.75) is 47.5 Å². The molecule has 0 bridgehead atoms. The molecule has 264 valence electrons. The van der Waals surface area contributed by atoms with Crippen molar-refractivity contribution in [3.05, 3.63) is 208 Å². The van der Waals surface area contributed by atoms with Gasteiger partial charge in [-0.15, -0.1) is 0 Å². The second-order valence-corrected chi connectivity index (χ2v) is 14.7. The SMILES string of the molecule is Cc1cc(C)c(C(c2ccc(N(c3cncc(-c4ccccc4)n3)c3cc4ccccc4cc3-c3ccccc3)cc2)c2c(C)cc(C)cc2C)c(C)c1. The Morgan fingerprint density at radius 2 is 0.981 bits per heavy atom. The number of fused-ring (bicyclic) bond motifs is 1. The molecule has 0 saturated carbocycles. The number of aromatic nitrogens is 2. The van der Waals surface area contributed by atoms with Gasteiger partial charge in [0.2, 0.25) is 0 Å². The molecule has 0 fully saturated rings. The molecule has 0 N–H and O–H groups in total. The van der Waals surface area contributed by atoms with Gasteiger partial charge in [-0.2, -0.15) is 0 Å². The predicted octanol–water partition coefficient (Wildman–Crippen LogP) is 13.5. The molecule has 0 aliphatic carbocycles. The molecule has 0 unspecified atom stereocenters. The Morgan fingerprint density at radius 1 is 0.481 bits per heavy atom. The fraction of sp³-hybridized carbons (Fsp3) is 0.137. The lowest BCUT2D eigenvalue weighted by molar-refractivity contribution is 0.919. The van der Waals surface area contributed by atoms with Crippen molar-refractivity contribution >= 4 is 28.0 Å². The summed E-state index contributed by atoms with van der Waals surface area (Å²) in [5, 5.41) is 2.35. The van der Waals surface area contributed by atoms with Crippen LogP contribution in [0.15, 0.2) is 158 Å². The molecule has 0 spiro atoms. The number of rotatable bonds is 8. The summed E-state index contributed by atoms with van der Waals surface area (Å²) < 4.78 is 0. The Kier molecular flexibility index (Phi) is 9.40. The maximum absolute atomic E-state index is 5.29. The van der Waals surface area contributed by atoms with E-state index in [1.807, 2.05) is 30.6 Å². The number of benzene rings is 7. The van der Waals surface area contributed by atoms with Crippen LogP contribution < -0.4 is 4.90 Å². The average molecular weight is 700 g/mol. The molecule has 3 heteroatoms. The third-order valence-electron chi connectivity index (χ3n) is 10.6. The Morgan fingerprint density at radius 3 is 1.54 bits per heavy atom. The first-order valence-corrected chi connectivity index (χ1v) is 18.8. The molecule has 8 aromatic rings. The number of anilines is 3. The van der Waals surface area contributed by atoms with Crippen LogP contribution in [-0.2, 0) is 0 Å². The van der Waals surface area contributed by atoms with Crippen LogP contribution in [0, 0.1) is 41.5 Å². The highest BCUT2D eigenvalue weighted by Gasteiger charge is 2.26. The van der Waals surface area contributed by atoms with Crippen LogP contribution in [0.3, 0.4) is 0 Å². The van der Waals surface area contributed by atoms with Gasteiger partial charge in [0.05, 0.1) is 23.8 Å². The van der Waals surface area contributed by atoms with Crippen molar-refractivity contribution in [3.63, 3.8) is 0 Å². The summed E-state index contributed by atoms with van der Waals surface area (Å²) in [5.41, 5.74) is 18.0. The van der Waals surface area contributed by atoms with Crippen molar-refractivity contribution < 1.29 is 0 Å². The first-order chi connectivity index (χ1) is 26.2. The molecule has 3 nitrogen and oxygen atoms in total. The van der Waals surface area contributed by atoms with Crippen LogP contribution in [0.5, 0.6) is 0 Å². The van der Waals surface area contributed by atoms with E-state index in [4.69, 9.17) is 9.97 Å². The fourth-order valence-electron chi connectivity index (χ4n) is 8.45. The third-order valence-corrected chi connectivity index (χ3v) is 10.6. The van der Waals surface area contributed by atoms with Crippen LogP contribution in [0.4, 0.5) is 17.2 Å². The predicted molar refractivity (Wildman–Crippen MR) is 227 cm³/mol. The third kappa shape index (κ3) is 6.70. The molecule has 0 aliphatic rings. The zero-order valence-corrected chi connectivity index (χ0v) is 31.9. The van der Waals surface area contributed by atoms with E-state index in [1.165, 1.54) is 55.5 Å². The minimum absolute atomic E-state index is 0.0791. The molecular weight excluding hydrogens is 655 g/mol. The maximum atomic E-state index is 5.29. The highest BCUT2D eigenvalue weighted by molar-refractivity contribution is 5.98.